The lowest BCUT2D eigenvalue weighted by molar-refractivity contribution is -0.125. The molecule has 0 saturated heterocycles. The van der Waals surface area contributed by atoms with Crippen molar-refractivity contribution >= 4 is 11.9 Å². The number of nitrogens with one attached hydrogen (secondary N) is 1. The van der Waals surface area contributed by atoms with Gasteiger partial charge < -0.3 is 10.2 Å². The predicted octanol–water partition coefficient (Wildman–Crippen LogP) is 3.48. The topological polar surface area (TPSA) is 52.7 Å². The minimum atomic E-state index is -1.32. The lowest BCUT2D eigenvalue weighted by atomic mass is 9.95. The number of carbonyl (C=O) groups is 2. The highest BCUT2D eigenvalue weighted by Gasteiger charge is 2.43. The molecule has 1 atom stereocenters. The summed E-state index contributed by atoms with van der Waals surface area (Å²) in [5, 5.41) is 2.52. The van der Waals surface area contributed by atoms with Crippen LogP contribution >= 0.6 is 0 Å². The number of hydrogen-bond acceptors (Lipinski definition) is 2. The molecular weight excluding hydrogens is 359 g/mol. The summed E-state index contributed by atoms with van der Waals surface area (Å²) in [5.74, 6) is -3.88. The molecule has 0 fully saturated rings. The molecule has 0 spiro atoms. The van der Waals surface area contributed by atoms with Crippen molar-refractivity contribution in [2.75, 3.05) is 20.1 Å². The molecule has 2 aliphatic rings. The van der Waals surface area contributed by atoms with Gasteiger partial charge in [-0.15, -0.1) is 0 Å². The monoisotopic (exact) mass is 381 g/mol. The van der Waals surface area contributed by atoms with Crippen LogP contribution in [0.15, 0.2) is 23.4 Å². The van der Waals surface area contributed by atoms with Gasteiger partial charge in [-0.25, -0.2) is 18.0 Å². The molecule has 1 unspecified atom stereocenters. The van der Waals surface area contributed by atoms with Crippen LogP contribution < -0.4 is 5.32 Å². The van der Waals surface area contributed by atoms with E-state index in [2.05, 4.69) is 12.2 Å². The van der Waals surface area contributed by atoms with Gasteiger partial charge in [-0.2, -0.15) is 0 Å². The maximum Gasteiger partial charge on any atom is 0.322 e. The molecule has 0 bridgehead atoms. The smallest absolute Gasteiger partial charge is 0.322 e. The van der Waals surface area contributed by atoms with Gasteiger partial charge in [0.25, 0.3) is 5.91 Å². The average Bonchev–Trinajstić information content (AvgIpc) is 2.95. The molecule has 1 aromatic carbocycles. The number of carbonyl (C=O) groups excluding carboxylic acids is 2. The second-order valence-corrected chi connectivity index (χ2v) is 6.88. The van der Waals surface area contributed by atoms with Crippen LogP contribution in [0, 0.1) is 17.5 Å². The van der Waals surface area contributed by atoms with E-state index < -0.39 is 29.5 Å². The Morgan fingerprint density at radius 2 is 1.78 bits per heavy atom. The first kappa shape index (κ1) is 19.3. The number of urea groups is 1. The first-order valence-electron chi connectivity index (χ1n) is 9.06. The van der Waals surface area contributed by atoms with Gasteiger partial charge in [0.05, 0.1) is 23.9 Å². The highest BCUT2D eigenvalue weighted by atomic mass is 19.2. The minimum absolute atomic E-state index is 0.206. The third kappa shape index (κ3) is 3.52. The number of unbranched alkanes of at least 4 members (excludes halogenated alkanes) is 3. The molecule has 2 heterocycles. The van der Waals surface area contributed by atoms with Gasteiger partial charge in [-0.05, 0) is 12.5 Å². The number of halogens is 3. The van der Waals surface area contributed by atoms with Crippen LogP contribution in [0.4, 0.5) is 18.0 Å². The highest BCUT2D eigenvalue weighted by Crippen LogP contribution is 2.37. The van der Waals surface area contributed by atoms with Gasteiger partial charge in [0, 0.05) is 25.2 Å². The van der Waals surface area contributed by atoms with Gasteiger partial charge in [-0.1, -0.05) is 26.2 Å². The Kier molecular flexibility index (Phi) is 5.43. The molecule has 146 valence electrons. The molecule has 3 rings (SSSR count). The summed E-state index contributed by atoms with van der Waals surface area (Å²) in [6, 6.07) is -0.546. The van der Waals surface area contributed by atoms with E-state index in [4.69, 9.17) is 0 Å². The number of rotatable bonds is 6. The van der Waals surface area contributed by atoms with Crippen molar-refractivity contribution in [3.8, 4) is 0 Å². The summed E-state index contributed by atoms with van der Waals surface area (Å²) in [6.07, 6.45) is 3.95. The first-order valence-corrected chi connectivity index (χ1v) is 9.06. The van der Waals surface area contributed by atoms with Crippen LogP contribution in [0.2, 0.25) is 0 Å². The van der Waals surface area contributed by atoms with Crippen molar-refractivity contribution in [2.24, 2.45) is 0 Å². The molecule has 3 amide bonds. The van der Waals surface area contributed by atoms with Crippen LogP contribution in [0.3, 0.4) is 0 Å². The highest BCUT2D eigenvalue weighted by molar-refractivity contribution is 6.01. The molecule has 0 aliphatic carbocycles. The van der Waals surface area contributed by atoms with Gasteiger partial charge in [0.15, 0.2) is 11.6 Å². The van der Waals surface area contributed by atoms with Crippen LogP contribution in [0.1, 0.15) is 44.2 Å². The van der Waals surface area contributed by atoms with E-state index in [1.807, 2.05) is 0 Å². The summed E-state index contributed by atoms with van der Waals surface area (Å²) < 4.78 is 41.2. The molecular formula is C19H22F3N3O2. The molecule has 1 aromatic rings. The molecule has 0 saturated carbocycles. The van der Waals surface area contributed by atoms with Crippen molar-refractivity contribution in [2.45, 2.75) is 38.6 Å². The fourth-order valence-electron chi connectivity index (χ4n) is 3.53. The molecule has 2 aliphatic heterocycles. The third-order valence-electron chi connectivity index (χ3n) is 5.07. The Labute approximate surface area is 155 Å². The van der Waals surface area contributed by atoms with Crippen LogP contribution in [-0.4, -0.2) is 41.9 Å². The van der Waals surface area contributed by atoms with E-state index in [-0.39, 0.29) is 23.6 Å². The van der Waals surface area contributed by atoms with E-state index in [1.54, 1.807) is 4.90 Å². The Bertz CT molecular complexity index is 810. The average molecular weight is 381 g/mol. The predicted molar refractivity (Wildman–Crippen MR) is 93.1 cm³/mol. The number of benzene rings is 1. The third-order valence-corrected chi connectivity index (χ3v) is 5.07. The summed E-state index contributed by atoms with van der Waals surface area (Å²) in [6.45, 7) is 2.86. The molecule has 27 heavy (non-hydrogen) atoms. The second-order valence-electron chi connectivity index (χ2n) is 6.88. The van der Waals surface area contributed by atoms with E-state index in [9.17, 15) is 22.8 Å². The van der Waals surface area contributed by atoms with E-state index >= 15 is 0 Å². The minimum Gasteiger partial charge on any atom is -0.333 e. The zero-order valence-electron chi connectivity index (χ0n) is 15.3. The van der Waals surface area contributed by atoms with Crippen molar-refractivity contribution in [1.82, 2.24) is 15.1 Å². The van der Waals surface area contributed by atoms with Gasteiger partial charge in [0.1, 0.15) is 5.82 Å². The number of hydrogen-bond donors (Lipinski definition) is 1. The molecule has 0 radical (unpaired) electrons. The summed E-state index contributed by atoms with van der Waals surface area (Å²) in [5.41, 5.74) is 0.412. The van der Waals surface area contributed by atoms with Crippen LogP contribution in [-0.2, 0) is 4.79 Å². The lowest BCUT2D eigenvalue weighted by Crippen LogP contribution is -2.45. The van der Waals surface area contributed by atoms with Gasteiger partial charge in [0.2, 0.25) is 0 Å². The van der Waals surface area contributed by atoms with E-state index in [0.717, 1.165) is 25.7 Å². The number of nitrogens with zero attached hydrogens (tertiary/aromatic N) is 2. The van der Waals surface area contributed by atoms with Gasteiger partial charge in [-0.3, -0.25) is 9.69 Å². The number of amides is 3. The largest absolute Gasteiger partial charge is 0.333 e. The van der Waals surface area contributed by atoms with Crippen LogP contribution in [0.25, 0.3) is 0 Å². The van der Waals surface area contributed by atoms with Crippen LogP contribution in [0.5, 0.6) is 0 Å². The summed E-state index contributed by atoms with van der Waals surface area (Å²) in [7, 11) is 1.52. The molecule has 5 nitrogen and oxygen atoms in total. The Morgan fingerprint density at radius 1 is 1.07 bits per heavy atom. The summed E-state index contributed by atoms with van der Waals surface area (Å²) >= 11 is 0. The van der Waals surface area contributed by atoms with Crippen molar-refractivity contribution in [3.05, 3.63) is 46.4 Å². The normalized spacial score (nSPS) is 19.7. The fourth-order valence-corrected chi connectivity index (χ4v) is 3.53. The zero-order chi connectivity index (χ0) is 19.7. The summed E-state index contributed by atoms with van der Waals surface area (Å²) in [4.78, 5) is 28.1. The quantitative estimate of drug-likeness (QED) is 0.606. The maximum absolute atomic E-state index is 14.3. The standard InChI is InChI=1S/C19H22F3N3O2/c1-3-4-5-6-7-25-10-15-16(18(25)26)17(23-19(27)24(15)2)11-8-13(21)14(22)9-12(11)20/h8-9,17H,3-7,10H2,1-2H3,(H,23,27). The van der Waals surface area contributed by atoms with E-state index in [0.29, 0.717) is 24.4 Å². The maximum atomic E-state index is 14.3. The Balaban J connectivity index is 1.91. The second kappa shape index (κ2) is 7.62. The van der Waals surface area contributed by atoms with Crippen molar-refractivity contribution in [3.63, 3.8) is 0 Å². The first-order chi connectivity index (χ1) is 12.8. The van der Waals surface area contributed by atoms with E-state index in [1.165, 1.54) is 11.9 Å². The number of likely N-dealkylation sites (N-methyl/N-ethyl adjacent to an activating group) is 1. The SMILES string of the molecule is CCCCCCN1CC2=C(C1=O)C(c1cc(F)c(F)cc1F)NC(=O)N2C. The Hall–Kier alpha value is -2.51. The van der Waals surface area contributed by atoms with Gasteiger partial charge >= 0.3 is 6.03 Å². The molecule has 8 heteroatoms. The van der Waals surface area contributed by atoms with Crippen molar-refractivity contribution < 1.29 is 22.8 Å². The lowest BCUT2D eigenvalue weighted by Gasteiger charge is -2.31. The fraction of sp³-hybridized carbons (Fsp3) is 0.474. The molecule has 1 N–H and O–H groups in total. The Morgan fingerprint density at radius 3 is 2.48 bits per heavy atom. The molecule has 0 aromatic heterocycles. The zero-order valence-corrected chi connectivity index (χ0v) is 15.3. The van der Waals surface area contributed by atoms with Crippen molar-refractivity contribution in [1.29, 1.82) is 0 Å².